The third-order valence-electron chi connectivity index (χ3n) is 9.17. The molecular weight excluding hydrogens is 550 g/mol. The van der Waals surface area contributed by atoms with E-state index in [-0.39, 0.29) is 48.8 Å². The summed E-state index contributed by atoms with van der Waals surface area (Å²) in [5.74, 6) is 0.743. The number of hydrogen-bond acceptors (Lipinski definition) is 5. The van der Waals surface area contributed by atoms with Gasteiger partial charge in [0.1, 0.15) is 11.9 Å². The summed E-state index contributed by atoms with van der Waals surface area (Å²) >= 11 is 0. The highest BCUT2D eigenvalue weighted by Gasteiger charge is 2.31. The van der Waals surface area contributed by atoms with E-state index in [9.17, 15) is 14.7 Å². The lowest BCUT2D eigenvalue weighted by Gasteiger charge is -2.34. The SMILES string of the molecule is C[C@H](CO)N1C[C@H](C)[C@H](CN(C)Cc2ccc(-c3ccccc3)cc2)Oc2ccc(NC(=O)C3CCCCC3)cc2CC1=O. The molecule has 3 aromatic rings. The Bertz CT molecular complexity index is 1390. The number of hydrogen-bond donors (Lipinski definition) is 2. The highest BCUT2D eigenvalue weighted by Crippen LogP contribution is 2.31. The van der Waals surface area contributed by atoms with Crippen molar-refractivity contribution in [1.29, 1.82) is 0 Å². The molecule has 7 nitrogen and oxygen atoms in total. The summed E-state index contributed by atoms with van der Waals surface area (Å²) < 4.78 is 6.71. The molecule has 3 atom stereocenters. The molecular formula is C37H47N3O4. The standard InChI is InChI=1S/C37H47N3O4/c1-26-22-40(27(2)25-41)36(42)21-32-20-33(38-37(43)31-12-8-5-9-13-31)18-19-34(32)44-35(26)24-39(3)23-28-14-16-30(17-15-28)29-10-6-4-7-11-29/h4,6-7,10-11,14-20,26-27,31,35,41H,5,8-9,12-13,21-25H2,1-3H3,(H,38,43)/t26-,27+,35-/m0/s1. The second-order valence-corrected chi connectivity index (χ2v) is 12.8. The van der Waals surface area contributed by atoms with Crippen LogP contribution in [0.1, 0.15) is 57.1 Å². The Kier molecular flexibility index (Phi) is 10.7. The van der Waals surface area contributed by atoms with E-state index in [1.165, 1.54) is 23.1 Å². The van der Waals surface area contributed by atoms with Gasteiger partial charge in [-0.2, -0.15) is 0 Å². The van der Waals surface area contributed by atoms with Crippen LogP contribution in [-0.2, 0) is 22.6 Å². The minimum atomic E-state index is -0.304. The van der Waals surface area contributed by atoms with Crippen LogP contribution in [0.25, 0.3) is 11.1 Å². The lowest BCUT2D eigenvalue weighted by atomic mass is 9.88. The second-order valence-electron chi connectivity index (χ2n) is 12.8. The second kappa shape index (κ2) is 14.9. The van der Waals surface area contributed by atoms with Crippen molar-refractivity contribution in [2.75, 3.05) is 32.1 Å². The molecule has 1 aliphatic heterocycles. The smallest absolute Gasteiger partial charge is 0.227 e. The third kappa shape index (κ3) is 8.07. The highest BCUT2D eigenvalue weighted by atomic mass is 16.5. The highest BCUT2D eigenvalue weighted by molar-refractivity contribution is 5.93. The predicted molar refractivity (Wildman–Crippen MR) is 175 cm³/mol. The number of anilines is 1. The van der Waals surface area contributed by atoms with Gasteiger partial charge in [-0.3, -0.25) is 14.5 Å². The molecule has 3 aromatic carbocycles. The van der Waals surface area contributed by atoms with Crippen molar-refractivity contribution in [2.24, 2.45) is 11.8 Å². The van der Waals surface area contributed by atoms with Crippen LogP contribution in [0.15, 0.2) is 72.8 Å². The molecule has 5 rings (SSSR count). The van der Waals surface area contributed by atoms with Crippen molar-refractivity contribution in [3.63, 3.8) is 0 Å². The van der Waals surface area contributed by atoms with Crippen LogP contribution in [0, 0.1) is 11.8 Å². The van der Waals surface area contributed by atoms with E-state index >= 15 is 0 Å². The van der Waals surface area contributed by atoms with Gasteiger partial charge in [-0.25, -0.2) is 0 Å². The van der Waals surface area contributed by atoms with Gasteiger partial charge >= 0.3 is 0 Å². The molecule has 0 unspecified atom stereocenters. The minimum absolute atomic E-state index is 0.0208. The topological polar surface area (TPSA) is 82.1 Å². The maximum Gasteiger partial charge on any atom is 0.227 e. The first-order chi connectivity index (χ1) is 21.3. The lowest BCUT2D eigenvalue weighted by molar-refractivity contribution is -0.134. The Labute approximate surface area is 262 Å². The summed E-state index contributed by atoms with van der Waals surface area (Å²) in [5, 5.41) is 13.1. The zero-order valence-electron chi connectivity index (χ0n) is 26.4. The van der Waals surface area contributed by atoms with Crippen molar-refractivity contribution >= 4 is 17.5 Å². The summed E-state index contributed by atoms with van der Waals surface area (Å²) in [7, 11) is 2.10. The monoisotopic (exact) mass is 597 g/mol. The number of ether oxygens (including phenoxy) is 1. The van der Waals surface area contributed by atoms with Crippen molar-refractivity contribution in [3.8, 4) is 16.9 Å². The average molecular weight is 598 g/mol. The Morgan fingerprint density at radius 3 is 2.43 bits per heavy atom. The van der Waals surface area contributed by atoms with Crippen molar-refractivity contribution in [1.82, 2.24) is 9.80 Å². The Hall–Kier alpha value is -3.68. The maximum atomic E-state index is 13.6. The van der Waals surface area contributed by atoms with Gasteiger partial charge in [0, 0.05) is 42.7 Å². The molecule has 1 heterocycles. The van der Waals surface area contributed by atoms with Gasteiger partial charge in [0.25, 0.3) is 0 Å². The van der Waals surface area contributed by atoms with Crippen LogP contribution < -0.4 is 10.1 Å². The molecule has 234 valence electrons. The first-order valence-corrected chi connectivity index (χ1v) is 16.1. The van der Waals surface area contributed by atoms with E-state index in [2.05, 4.69) is 72.7 Å². The lowest BCUT2D eigenvalue weighted by Crippen LogP contribution is -2.47. The molecule has 0 radical (unpaired) electrons. The molecule has 2 amide bonds. The largest absolute Gasteiger partial charge is 0.488 e. The molecule has 44 heavy (non-hydrogen) atoms. The van der Waals surface area contributed by atoms with E-state index in [0.29, 0.717) is 24.5 Å². The quantitative estimate of drug-likeness (QED) is 0.309. The normalized spacial score (nSPS) is 20.2. The number of aliphatic hydroxyl groups excluding tert-OH is 1. The molecule has 2 aliphatic rings. The number of likely N-dealkylation sites (N-methyl/N-ethyl adjacent to an activating group) is 1. The number of benzene rings is 3. The number of carbonyl (C=O) groups excluding carboxylic acids is 2. The number of aliphatic hydroxyl groups is 1. The van der Waals surface area contributed by atoms with Crippen LogP contribution >= 0.6 is 0 Å². The summed E-state index contributed by atoms with van der Waals surface area (Å²) in [6.07, 6.45) is 5.19. The number of fused-ring (bicyclic) bond motifs is 1. The van der Waals surface area contributed by atoms with Crippen LogP contribution in [0.5, 0.6) is 5.75 Å². The van der Waals surface area contributed by atoms with Gasteiger partial charge in [-0.15, -0.1) is 0 Å². The first-order valence-electron chi connectivity index (χ1n) is 16.1. The van der Waals surface area contributed by atoms with Crippen LogP contribution in [0.2, 0.25) is 0 Å². The van der Waals surface area contributed by atoms with E-state index in [0.717, 1.165) is 37.8 Å². The number of nitrogens with one attached hydrogen (secondary N) is 1. The van der Waals surface area contributed by atoms with Gasteiger partial charge in [0.2, 0.25) is 11.8 Å². The Balaban J connectivity index is 1.33. The molecule has 0 bridgehead atoms. The van der Waals surface area contributed by atoms with Gasteiger partial charge in [0.15, 0.2) is 0 Å². The fourth-order valence-corrected chi connectivity index (χ4v) is 6.45. The number of nitrogens with zero attached hydrogens (tertiary/aromatic N) is 2. The molecule has 0 aromatic heterocycles. The van der Waals surface area contributed by atoms with Gasteiger partial charge in [-0.05, 0) is 61.7 Å². The summed E-state index contributed by atoms with van der Waals surface area (Å²) in [6, 6.07) is 24.4. The zero-order chi connectivity index (χ0) is 31.1. The minimum Gasteiger partial charge on any atom is -0.488 e. The summed E-state index contributed by atoms with van der Waals surface area (Å²) in [4.78, 5) is 30.6. The van der Waals surface area contributed by atoms with E-state index in [4.69, 9.17) is 4.74 Å². The van der Waals surface area contributed by atoms with E-state index < -0.39 is 0 Å². The predicted octanol–water partition coefficient (Wildman–Crippen LogP) is 6.15. The number of rotatable bonds is 9. The number of carbonyl (C=O) groups is 2. The molecule has 1 saturated carbocycles. The molecule has 1 fully saturated rings. The Morgan fingerprint density at radius 1 is 1.02 bits per heavy atom. The Morgan fingerprint density at radius 2 is 1.73 bits per heavy atom. The average Bonchev–Trinajstić information content (AvgIpc) is 3.09. The molecule has 2 N–H and O–H groups in total. The van der Waals surface area contributed by atoms with Crippen LogP contribution in [0.3, 0.4) is 0 Å². The van der Waals surface area contributed by atoms with E-state index in [1.807, 2.05) is 31.2 Å². The zero-order valence-corrected chi connectivity index (χ0v) is 26.4. The number of amides is 2. The molecule has 0 saturated heterocycles. The van der Waals surface area contributed by atoms with Crippen molar-refractivity contribution < 1.29 is 19.4 Å². The molecule has 0 spiro atoms. The third-order valence-corrected chi connectivity index (χ3v) is 9.17. The molecule has 7 heteroatoms. The summed E-state index contributed by atoms with van der Waals surface area (Å²) in [5.41, 5.74) is 5.06. The maximum absolute atomic E-state index is 13.6. The fourth-order valence-electron chi connectivity index (χ4n) is 6.45. The van der Waals surface area contributed by atoms with E-state index in [1.54, 1.807) is 4.90 Å². The summed E-state index contributed by atoms with van der Waals surface area (Å²) in [6.45, 7) is 5.80. The van der Waals surface area contributed by atoms with Crippen LogP contribution in [-0.4, -0.2) is 65.6 Å². The van der Waals surface area contributed by atoms with Crippen LogP contribution in [0.4, 0.5) is 5.69 Å². The fraction of sp³-hybridized carbons (Fsp3) is 0.459. The van der Waals surface area contributed by atoms with Gasteiger partial charge < -0.3 is 20.1 Å². The van der Waals surface area contributed by atoms with Crippen molar-refractivity contribution in [2.45, 2.75) is 71.1 Å². The first kappa shape index (κ1) is 31.7. The van der Waals surface area contributed by atoms with Gasteiger partial charge in [0.05, 0.1) is 19.1 Å². The van der Waals surface area contributed by atoms with Gasteiger partial charge in [-0.1, -0.05) is 80.8 Å². The molecule has 1 aliphatic carbocycles. The van der Waals surface area contributed by atoms with Crippen molar-refractivity contribution in [3.05, 3.63) is 83.9 Å².